The van der Waals surface area contributed by atoms with Crippen LogP contribution < -0.4 is 10.1 Å². The van der Waals surface area contributed by atoms with E-state index >= 15 is 0 Å². The van der Waals surface area contributed by atoms with Gasteiger partial charge in [-0.25, -0.2) is 4.39 Å². The first kappa shape index (κ1) is 17.1. The zero-order valence-electron chi connectivity index (χ0n) is 14.5. The third-order valence-electron chi connectivity index (χ3n) is 4.45. The number of fused-ring (bicyclic) bond motifs is 1. The molecule has 0 radical (unpaired) electrons. The summed E-state index contributed by atoms with van der Waals surface area (Å²) in [7, 11) is 0. The van der Waals surface area contributed by atoms with Gasteiger partial charge in [-0.3, -0.25) is 9.59 Å². The number of nitrogens with one attached hydrogen (secondary N) is 1. The van der Waals surface area contributed by atoms with Crippen molar-refractivity contribution >= 4 is 17.4 Å². The number of carbonyl (C=O) groups is 2. The molecule has 130 valence electrons. The predicted molar refractivity (Wildman–Crippen MR) is 93.8 cm³/mol. The molecule has 1 aliphatic rings. The van der Waals surface area contributed by atoms with Gasteiger partial charge >= 0.3 is 0 Å². The highest BCUT2D eigenvalue weighted by Crippen LogP contribution is 2.40. The highest BCUT2D eigenvalue weighted by Gasteiger charge is 2.31. The highest BCUT2D eigenvalue weighted by molar-refractivity contribution is 6.04. The molecule has 1 atom stereocenters. The van der Waals surface area contributed by atoms with Gasteiger partial charge in [-0.05, 0) is 54.7 Å². The van der Waals surface area contributed by atoms with Crippen molar-refractivity contribution < 1.29 is 18.7 Å². The van der Waals surface area contributed by atoms with E-state index in [-0.39, 0.29) is 24.0 Å². The molecule has 1 unspecified atom stereocenters. The topological polar surface area (TPSA) is 55.4 Å². The molecule has 1 aliphatic carbocycles. The molecule has 0 bridgehead atoms. The Morgan fingerprint density at radius 1 is 1.28 bits per heavy atom. The number of anilines is 1. The number of Topliss-reactive ketones (excluding diaryl/α,β-unsaturated/α-hetero) is 1. The van der Waals surface area contributed by atoms with Crippen LogP contribution in [-0.2, 0) is 4.79 Å². The van der Waals surface area contributed by atoms with Crippen LogP contribution in [0.3, 0.4) is 0 Å². The molecule has 5 heteroatoms. The lowest BCUT2D eigenvalue weighted by molar-refractivity contribution is -0.118. The summed E-state index contributed by atoms with van der Waals surface area (Å²) >= 11 is 0. The number of halogens is 1. The minimum absolute atomic E-state index is 0.0335. The monoisotopic (exact) mass is 341 g/mol. The summed E-state index contributed by atoms with van der Waals surface area (Å²) < 4.78 is 19.4. The maximum atomic E-state index is 13.8. The first-order chi connectivity index (χ1) is 11.9. The van der Waals surface area contributed by atoms with E-state index in [2.05, 4.69) is 5.32 Å². The molecule has 0 aromatic heterocycles. The number of hydrogen-bond donors (Lipinski definition) is 1. The lowest BCUT2D eigenvalue weighted by atomic mass is 9.97. The summed E-state index contributed by atoms with van der Waals surface area (Å²) in [4.78, 5) is 24.3. The number of ketones is 1. The average molecular weight is 341 g/mol. The third-order valence-corrected chi connectivity index (χ3v) is 4.45. The summed E-state index contributed by atoms with van der Waals surface area (Å²) in [6.07, 6.45) is 0.456. The standard InChI is InChI=1S/C20H20FNO3/c1-11-4-6-15(14(21)8-11)22-18(24)10-25-17-7-5-12(2)19-13(3)9-16(23)20(17)19/h4-8,13H,9-10H2,1-3H3,(H,22,24). The van der Waals surface area contributed by atoms with E-state index in [1.54, 1.807) is 19.1 Å². The van der Waals surface area contributed by atoms with Gasteiger partial charge in [-0.15, -0.1) is 0 Å². The van der Waals surface area contributed by atoms with Crippen LogP contribution in [0, 0.1) is 19.7 Å². The second-order valence-corrected chi connectivity index (χ2v) is 6.52. The fraction of sp³-hybridized carbons (Fsp3) is 0.300. The normalized spacial score (nSPS) is 15.8. The van der Waals surface area contributed by atoms with Crippen molar-refractivity contribution in [3.05, 3.63) is 58.4 Å². The SMILES string of the molecule is Cc1ccc(NC(=O)COc2ccc(C)c3c2C(=O)CC3C)c(F)c1. The minimum atomic E-state index is -0.492. The Kier molecular flexibility index (Phi) is 4.57. The Hall–Kier alpha value is -2.69. The number of benzene rings is 2. The zero-order chi connectivity index (χ0) is 18.1. The van der Waals surface area contributed by atoms with Crippen molar-refractivity contribution in [3.63, 3.8) is 0 Å². The maximum absolute atomic E-state index is 13.8. The first-order valence-corrected chi connectivity index (χ1v) is 8.22. The van der Waals surface area contributed by atoms with E-state index < -0.39 is 11.7 Å². The summed E-state index contributed by atoms with van der Waals surface area (Å²) in [6, 6.07) is 8.18. The summed E-state index contributed by atoms with van der Waals surface area (Å²) in [5.74, 6) is -0.369. The molecule has 4 nitrogen and oxygen atoms in total. The number of amides is 1. The van der Waals surface area contributed by atoms with E-state index in [9.17, 15) is 14.0 Å². The Labute approximate surface area is 146 Å². The summed E-state index contributed by atoms with van der Waals surface area (Å²) in [5, 5.41) is 2.48. The van der Waals surface area contributed by atoms with Gasteiger partial charge in [0, 0.05) is 6.42 Å². The van der Waals surface area contributed by atoms with Crippen LogP contribution in [0.15, 0.2) is 30.3 Å². The molecule has 2 aromatic rings. The Balaban J connectivity index is 1.72. The highest BCUT2D eigenvalue weighted by atomic mass is 19.1. The van der Waals surface area contributed by atoms with Gasteiger partial charge in [0.05, 0.1) is 11.3 Å². The molecule has 0 saturated heterocycles. The lowest BCUT2D eigenvalue weighted by Crippen LogP contribution is -2.21. The molecule has 3 rings (SSSR count). The number of ether oxygens (including phenoxy) is 1. The maximum Gasteiger partial charge on any atom is 0.262 e. The summed E-state index contributed by atoms with van der Waals surface area (Å²) in [5.41, 5.74) is 3.49. The van der Waals surface area contributed by atoms with Crippen LogP contribution in [0.4, 0.5) is 10.1 Å². The third kappa shape index (κ3) is 3.40. The van der Waals surface area contributed by atoms with E-state index in [0.29, 0.717) is 17.7 Å². The Bertz CT molecular complexity index is 860. The molecule has 0 fully saturated rings. The second-order valence-electron chi connectivity index (χ2n) is 6.52. The van der Waals surface area contributed by atoms with E-state index in [1.807, 2.05) is 19.9 Å². The van der Waals surface area contributed by atoms with Gasteiger partial charge in [0.15, 0.2) is 12.4 Å². The van der Waals surface area contributed by atoms with Crippen LogP contribution in [-0.4, -0.2) is 18.3 Å². The van der Waals surface area contributed by atoms with Crippen LogP contribution in [0.1, 0.15) is 46.3 Å². The molecule has 0 heterocycles. The molecule has 1 N–H and O–H groups in total. The number of hydrogen-bond acceptors (Lipinski definition) is 3. The molecule has 2 aromatic carbocycles. The van der Waals surface area contributed by atoms with Crippen LogP contribution >= 0.6 is 0 Å². The number of rotatable bonds is 4. The molecule has 25 heavy (non-hydrogen) atoms. The predicted octanol–water partition coefficient (Wildman–Crippen LogP) is 4.15. The van der Waals surface area contributed by atoms with Crippen LogP contribution in [0.2, 0.25) is 0 Å². The van der Waals surface area contributed by atoms with E-state index in [4.69, 9.17) is 4.74 Å². The Morgan fingerprint density at radius 2 is 2.04 bits per heavy atom. The summed E-state index contributed by atoms with van der Waals surface area (Å²) in [6.45, 7) is 5.45. The molecule has 1 amide bonds. The largest absolute Gasteiger partial charge is 0.483 e. The van der Waals surface area contributed by atoms with Gasteiger partial charge in [-0.2, -0.15) is 0 Å². The molecule has 0 spiro atoms. The fourth-order valence-electron chi connectivity index (χ4n) is 3.28. The van der Waals surface area contributed by atoms with Crippen molar-refractivity contribution in [3.8, 4) is 5.75 Å². The molecule has 0 aliphatic heterocycles. The molecule has 0 saturated carbocycles. The quantitative estimate of drug-likeness (QED) is 0.909. The average Bonchev–Trinajstić information content (AvgIpc) is 2.85. The van der Waals surface area contributed by atoms with Crippen molar-refractivity contribution in [1.82, 2.24) is 0 Å². The van der Waals surface area contributed by atoms with Gasteiger partial charge in [0.1, 0.15) is 11.6 Å². The fourth-order valence-corrected chi connectivity index (χ4v) is 3.28. The van der Waals surface area contributed by atoms with Gasteiger partial charge < -0.3 is 10.1 Å². The number of carbonyl (C=O) groups excluding carboxylic acids is 2. The Morgan fingerprint density at radius 3 is 2.76 bits per heavy atom. The minimum Gasteiger partial charge on any atom is -0.483 e. The molecular weight excluding hydrogens is 321 g/mol. The van der Waals surface area contributed by atoms with Gasteiger partial charge in [0.25, 0.3) is 5.91 Å². The van der Waals surface area contributed by atoms with Gasteiger partial charge in [0.2, 0.25) is 0 Å². The lowest BCUT2D eigenvalue weighted by Gasteiger charge is -2.13. The van der Waals surface area contributed by atoms with Gasteiger partial charge in [-0.1, -0.05) is 19.1 Å². The van der Waals surface area contributed by atoms with Crippen LogP contribution in [0.25, 0.3) is 0 Å². The van der Waals surface area contributed by atoms with E-state index in [0.717, 1.165) is 16.7 Å². The zero-order valence-corrected chi connectivity index (χ0v) is 14.5. The van der Waals surface area contributed by atoms with E-state index in [1.165, 1.54) is 12.1 Å². The van der Waals surface area contributed by atoms with Crippen molar-refractivity contribution in [2.75, 3.05) is 11.9 Å². The molecular formula is C20H20FNO3. The smallest absolute Gasteiger partial charge is 0.262 e. The van der Waals surface area contributed by atoms with Crippen molar-refractivity contribution in [2.24, 2.45) is 0 Å². The van der Waals surface area contributed by atoms with Crippen LogP contribution in [0.5, 0.6) is 5.75 Å². The van der Waals surface area contributed by atoms with Crippen molar-refractivity contribution in [1.29, 1.82) is 0 Å². The first-order valence-electron chi connectivity index (χ1n) is 8.22. The second kappa shape index (κ2) is 6.67. The number of aryl methyl sites for hydroxylation is 2. The van der Waals surface area contributed by atoms with Crippen molar-refractivity contribution in [2.45, 2.75) is 33.1 Å².